The smallest absolute Gasteiger partial charge is 0.245 e. The summed E-state index contributed by atoms with van der Waals surface area (Å²) in [5.41, 5.74) is 22.4. The second-order valence-corrected chi connectivity index (χ2v) is 8.26. The van der Waals surface area contributed by atoms with Gasteiger partial charge in [-0.2, -0.15) is 0 Å². The molecule has 198 valence electrons. The minimum absolute atomic E-state index is 0.00446. The molecule has 0 saturated carbocycles. The highest BCUT2D eigenvalue weighted by atomic mass is 16.3. The zero-order chi connectivity index (χ0) is 27.4. The first kappa shape index (κ1) is 29.8. The molecule has 0 aromatic heterocycles. The number of aliphatic hydroxyl groups excluding tert-OH is 1. The third-order valence-electron chi connectivity index (χ3n) is 5.18. The summed E-state index contributed by atoms with van der Waals surface area (Å²) in [6.45, 7) is -0.572. The van der Waals surface area contributed by atoms with Gasteiger partial charge in [0.15, 0.2) is 5.96 Å². The Morgan fingerprint density at radius 3 is 2.06 bits per heavy atom. The van der Waals surface area contributed by atoms with Crippen molar-refractivity contribution >= 4 is 35.4 Å². The SMILES string of the molecule is CN(C)C(=O)C(Cc1ccc(C(=N)N)cc1)C(=O)NC(CO)C(=O)N[C@@H](CCCN=C(N)N)C(N)=O. The van der Waals surface area contributed by atoms with Crippen molar-refractivity contribution in [3.8, 4) is 0 Å². The highest BCUT2D eigenvalue weighted by Gasteiger charge is 2.32. The molecule has 0 heterocycles. The Labute approximate surface area is 209 Å². The van der Waals surface area contributed by atoms with Gasteiger partial charge in [-0.05, 0) is 24.8 Å². The molecule has 1 rings (SSSR count). The zero-order valence-electron chi connectivity index (χ0n) is 20.4. The van der Waals surface area contributed by atoms with E-state index in [2.05, 4.69) is 15.6 Å². The van der Waals surface area contributed by atoms with E-state index in [-0.39, 0.29) is 31.2 Å². The maximum absolute atomic E-state index is 13.0. The van der Waals surface area contributed by atoms with Crippen LogP contribution in [0, 0.1) is 11.3 Å². The topological polar surface area (TPSA) is 256 Å². The number of carbonyl (C=O) groups excluding carboxylic acids is 4. The first-order chi connectivity index (χ1) is 16.9. The van der Waals surface area contributed by atoms with Crippen molar-refractivity contribution in [3.05, 3.63) is 35.4 Å². The number of guanidine groups is 1. The van der Waals surface area contributed by atoms with Crippen LogP contribution in [0.5, 0.6) is 0 Å². The van der Waals surface area contributed by atoms with Crippen LogP contribution in [-0.4, -0.2) is 84.8 Å². The lowest BCUT2D eigenvalue weighted by Crippen LogP contribution is -2.56. The fourth-order valence-corrected chi connectivity index (χ4v) is 3.19. The number of nitrogens with two attached hydrogens (primary N) is 4. The summed E-state index contributed by atoms with van der Waals surface area (Å²) in [4.78, 5) is 55.1. The Morgan fingerprint density at radius 2 is 1.58 bits per heavy atom. The van der Waals surface area contributed by atoms with Crippen molar-refractivity contribution in [2.24, 2.45) is 33.8 Å². The van der Waals surface area contributed by atoms with E-state index in [0.29, 0.717) is 17.5 Å². The Kier molecular flexibility index (Phi) is 11.8. The number of primary amides is 1. The number of carbonyl (C=O) groups is 4. The lowest BCUT2D eigenvalue weighted by molar-refractivity contribution is -0.142. The number of aliphatic imine (C=N–C) groups is 1. The molecule has 14 nitrogen and oxygen atoms in total. The van der Waals surface area contributed by atoms with Gasteiger partial charge in [0.1, 0.15) is 23.8 Å². The summed E-state index contributed by atoms with van der Waals surface area (Å²) in [5.74, 6) is -4.42. The van der Waals surface area contributed by atoms with Gasteiger partial charge in [-0.25, -0.2) is 0 Å². The molecule has 0 saturated heterocycles. The molecule has 14 heteroatoms. The molecule has 2 unspecified atom stereocenters. The largest absolute Gasteiger partial charge is 0.394 e. The van der Waals surface area contributed by atoms with E-state index >= 15 is 0 Å². The van der Waals surface area contributed by atoms with Crippen LogP contribution in [0.2, 0.25) is 0 Å². The molecule has 0 fully saturated rings. The van der Waals surface area contributed by atoms with E-state index in [4.69, 9.17) is 28.3 Å². The number of nitrogens with one attached hydrogen (secondary N) is 3. The summed E-state index contributed by atoms with van der Waals surface area (Å²) >= 11 is 0. The fraction of sp³-hybridized carbons (Fsp3) is 0.455. The van der Waals surface area contributed by atoms with Gasteiger partial charge in [-0.15, -0.1) is 0 Å². The highest BCUT2D eigenvalue weighted by molar-refractivity contribution is 6.02. The van der Waals surface area contributed by atoms with Crippen LogP contribution in [0.1, 0.15) is 24.0 Å². The number of benzene rings is 1. The van der Waals surface area contributed by atoms with Crippen molar-refractivity contribution in [1.29, 1.82) is 5.41 Å². The van der Waals surface area contributed by atoms with Gasteiger partial charge in [0.05, 0.1) is 6.61 Å². The Balaban J connectivity index is 2.94. The number of hydrogen-bond acceptors (Lipinski definition) is 7. The third-order valence-corrected chi connectivity index (χ3v) is 5.18. The Bertz CT molecular complexity index is 975. The van der Waals surface area contributed by atoms with Crippen LogP contribution in [0.15, 0.2) is 29.3 Å². The van der Waals surface area contributed by atoms with Crippen LogP contribution in [-0.2, 0) is 25.6 Å². The summed E-state index contributed by atoms with van der Waals surface area (Å²) in [6.07, 6.45) is 0.460. The van der Waals surface area contributed by atoms with Gasteiger partial charge in [-0.3, -0.25) is 29.6 Å². The van der Waals surface area contributed by atoms with Gasteiger partial charge in [0, 0.05) is 26.2 Å². The van der Waals surface area contributed by atoms with Crippen molar-refractivity contribution in [2.45, 2.75) is 31.3 Å². The average molecular weight is 506 g/mol. The summed E-state index contributed by atoms with van der Waals surface area (Å²) in [6, 6.07) is 3.93. The molecule has 0 aliphatic rings. The van der Waals surface area contributed by atoms with Gasteiger partial charge < -0.3 is 43.6 Å². The molecular weight excluding hydrogens is 470 g/mol. The van der Waals surface area contributed by atoms with E-state index in [1.165, 1.54) is 19.0 Å². The average Bonchev–Trinajstić information content (AvgIpc) is 2.81. The van der Waals surface area contributed by atoms with Crippen LogP contribution in [0.25, 0.3) is 0 Å². The van der Waals surface area contributed by atoms with Gasteiger partial charge in [0.25, 0.3) is 0 Å². The number of hydrogen-bond donors (Lipinski definition) is 8. The summed E-state index contributed by atoms with van der Waals surface area (Å²) in [5, 5.41) is 21.9. The number of amides is 4. The van der Waals surface area contributed by atoms with Crippen molar-refractivity contribution in [2.75, 3.05) is 27.2 Å². The van der Waals surface area contributed by atoms with E-state index in [0.717, 1.165) is 0 Å². The number of nitrogens with zero attached hydrogens (tertiary/aromatic N) is 2. The van der Waals surface area contributed by atoms with Crippen molar-refractivity contribution in [1.82, 2.24) is 15.5 Å². The monoisotopic (exact) mass is 505 g/mol. The first-order valence-electron chi connectivity index (χ1n) is 11.1. The molecule has 36 heavy (non-hydrogen) atoms. The van der Waals surface area contributed by atoms with E-state index in [9.17, 15) is 24.3 Å². The predicted molar refractivity (Wildman–Crippen MR) is 133 cm³/mol. The molecule has 0 radical (unpaired) electrons. The van der Waals surface area contributed by atoms with Gasteiger partial charge in [-0.1, -0.05) is 24.3 Å². The van der Waals surface area contributed by atoms with Gasteiger partial charge >= 0.3 is 0 Å². The molecule has 1 aromatic rings. The maximum atomic E-state index is 13.0. The zero-order valence-corrected chi connectivity index (χ0v) is 20.4. The van der Waals surface area contributed by atoms with Crippen LogP contribution >= 0.6 is 0 Å². The minimum Gasteiger partial charge on any atom is -0.394 e. The molecule has 3 atom stereocenters. The molecule has 0 aliphatic carbocycles. The maximum Gasteiger partial charge on any atom is 0.245 e. The standard InChI is InChI=1S/C22H35N9O5/c1-31(2)21(36)14(10-12-5-7-13(8-6-12)17(23)24)19(34)30-16(11-32)20(35)29-15(18(25)33)4-3-9-28-22(26)27/h5-8,14-16,32H,3-4,9-11H2,1-2H3,(H3,23,24)(H2,25,33)(H,29,35)(H,30,34)(H4,26,27,28)/t14?,15-,16?/m0/s1. The number of rotatable bonds is 14. The minimum atomic E-state index is -1.44. The molecule has 0 aliphatic heterocycles. The summed E-state index contributed by atoms with van der Waals surface area (Å²) < 4.78 is 0. The molecule has 1 aromatic carbocycles. The molecule has 0 bridgehead atoms. The van der Waals surface area contributed by atoms with Gasteiger partial charge in [0.2, 0.25) is 23.6 Å². The molecule has 12 N–H and O–H groups in total. The van der Waals surface area contributed by atoms with Crippen LogP contribution < -0.4 is 33.6 Å². The third kappa shape index (κ3) is 9.58. The van der Waals surface area contributed by atoms with Crippen LogP contribution in [0.4, 0.5) is 0 Å². The Hall–Kier alpha value is -4.20. The lowest BCUT2D eigenvalue weighted by Gasteiger charge is -2.24. The quantitative estimate of drug-likeness (QED) is 0.0549. The van der Waals surface area contributed by atoms with Crippen LogP contribution in [0.3, 0.4) is 0 Å². The second-order valence-electron chi connectivity index (χ2n) is 8.26. The fourth-order valence-electron chi connectivity index (χ4n) is 3.19. The molecule has 0 spiro atoms. The van der Waals surface area contributed by atoms with Crippen molar-refractivity contribution in [3.63, 3.8) is 0 Å². The second kappa shape index (κ2) is 14.3. The lowest BCUT2D eigenvalue weighted by atomic mass is 9.96. The van der Waals surface area contributed by atoms with E-state index in [1.807, 2.05) is 0 Å². The summed E-state index contributed by atoms with van der Waals surface area (Å²) in [7, 11) is 2.97. The highest BCUT2D eigenvalue weighted by Crippen LogP contribution is 2.13. The number of aliphatic hydroxyl groups is 1. The molecule has 4 amide bonds. The van der Waals surface area contributed by atoms with E-state index in [1.54, 1.807) is 24.3 Å². The Morgan fingerprint density at radius 1 is 1.00 bits per heavy atom. The predicted octanol–water partition coefficient (Wildman–Crippen LogP) is -3.28. The van der Waals surface area contributed by atoms with E-state index < -0.39 is 48.2 Å². The first-order valence-corrected chi connectivity index (χ1v) is 11.1. The molecular formula is C22H35N9O5. The normalized spacial score (nSPS) is 13.0. The number of nitrogen functional groups attached to an aromatic ring is 1. The van der Waals surface area contributed by atoms with Crippen molar-refractivity contribution < 1.29 is 24.3 Å². The number of amidine groups is 1.